The van der Waals surface area contributed by atoms with Crippen LogP contribution in [0.2, 0.25) is 0 Å². The summed E-state index contributed by atoms with van der Waals surface area (Å²) in [6.07, 6.45) is 1.95. The van der Waals surface area contributed by atoms with Crippen molar-refractivity contribution in [1.29, 1.82) is 0 Å². The molecule has 12 heavy (non-hydrogen) atoms. The molecule has 0 heterocycles. The van der Waals surface area contributed by atoms with Crippen molar-refractivity contribution < 1.29 is 9.68 Å². The molecule has 0 aliphatic carbocycles. The number of thioether (sulfide) groups is 1. The Morgan fingerprint density at radius 2 is 2.33 bits per heavy atom. The van der Waals surface area contributed by atoms with Crippen LogP contribution in [0.3, 0.4) is 0 Å². The minimum atomic E-state index is 0.652. The molecule has 1 rings (SSSR count). The van der Waals surface area contributed by atoms with Crippen LogP contribution in [-0.2, 0) is 0 Å². The molecule has 63 valence electrons. The molecule has 0 amide bonds. The van der Waals surface area contributed by atoms with E-state index in [1.54, 1.807) is 17.8 Å². The molecule has 0 bridgehead atoms. The maximum absolute atomic E-state index is 8.46. The summed E-state index contributed by atoms with van der Waals surface area (Å²) in [5, 5.41) is 8.46. The second-order valence-corrected chi connectivity index (χ2v) is 3.78. The molecule has 5 heteroatoms. The van der Waals surface area contributed by atoms with Crippen molar-refractivity contribution in [3.63, 3.8) is 0 Å². The monoisotopic (exact) mass is 245 g/mol. The van der Waals surface area contributed by atoms with E-state index in [2.05, 4.69) is 15.9 Å². The van der Waals surface area contributed by atoms with Gasteiger partial charge >= 0.3 is 7.69 Å². The molecule has 1 aromatic rings. The molecule has 0 aromatic heterocycles. The number of benzene rings is 1. The van der Waals surface area contributed by atoms with Crippen LogP contribution in [0.15, 0.2) is 27.6 Å². The van der Waals surface area contributed by atoms with Crippen LogP contribution < -0.4 is 4.65 Å². The molecular formula is C7H7BBrO2S. The third-order valence-corrected chi connectivity index (χ3v) is 2.58. The van der Waals surface area contributed by atoms with Gasteiger partial charge in [0.05, 0.1) is 0 Å². The Balaban J connectivity index is 2.95. The quantitative estimate of drug-likeness (QED) is 0.653. The van der Waals surface area contributed by atoms with Gasteiger partial charge in [-0.2, -0.15) is 0 Å². The lowest BCUT2D eigenvalue weighted by atomic mass is 10.3. The zero-order valence-corrected chi connectivity index (χ0v) is 8.85. The van der Waals surface area contributed by atoms with Gasteiger partial charge in [-0.3, -0.25) is 0 Å². The standard InChI is InChI=1S/C7H7BBrO2S/c1-12-7-3-2-5(9)4-6(7)11-8-10/h2-4,10H,1H3. The Bertz CT molecular complexity index is 270. The summed E-state index contributed by atoms with van der Waals surface area (Å²) < 4.78 is 5.82. The highest BCUT2D eigenvalue weighted by atomic mass is 79.9. The highest BCUT2D eigenvalue weighted by Crippen LogP contribution is 2.30. The zero-order chi connectivity index (χ0) is 8.97. The first-order valence-corrected chi connectivity index (χ1v) is 5.26. The van der Waals surface area contributed by atoms with Gasteiger partial charge in [-0.15, -0.1) is 11.8 Å². The summed E-state index contributed by atoms with van der Waals surface area (Å²) in [6, 6.07) is 5.65. The van der Waals surface area contributed by atoms with Crippen LogP contribution >= 0.6 is 27.7 Å². The SMILES string of the molecule is CSc1ccc(Br)cc1O[B]O. The lowest BCUT2D eigenvalue weighted by Crippen LogP contribution is -2.00. The predicted octanol–water partition coefficient (Wildman–Crippen LogP) is 2.08. The first-order valence-electron chi connectivity index (χ1n) is 3.24. The highest BCUT2D eigenvalue weighted by Gasteiger charge is 2.03. The minimum Gasteiger partial charge on any atom is -0.537 e. The maximum atomic E-state index is 8.46. The van der Waals surface area contributed by atoms with Crippen LogP contribution in [0.25, 0.3) is 0 Å². The largest absolute Gasteiger partial charge is 0.569 e. The van der Waals surface area contributed by atoms with E-state index in [9.17, 15) is 0 Å². The van der Waals surface area contributed by atoms with Gasteiger partial charge < -0.3 is 9.68 Å². The number of rotatable bonds is 3. The normalized spacial score (nSPS) is 9.58. The summed E-state index contributed by atoms with van der Waals surface area (Å²) in [6.45, 7) is 0. The van der Waals surface area contributed by atoms with Crippen molar-refractivity contribution in [3.05, 3.63) is 22.7 Å². The van der Waals surface area contributed by atoms with Crippen LogP contribution in [0.5, 0.6) is 5.75 Å². The molecule has 1 radical (unpaired) electrons. The van der Waals surface area contributed by atoms with Gasteiger partial charge in [0, 0.05) is 9.37 Å². The smallest absolute Gasteiger partial charge is 0.537 e. The third kappa shape index (κ3) is 2.43. The van der Waals surface area contributed by atoms with E-state index in [0.29, 0.717) is 13.4 Å². The van der Waals surface area contributed by atoms with E-state index in [1.165, 1.54) is 0 Å². The van der Waals surface area contributed by atoms with Gasteiger partial charge in [0.15, 0.2) is 0 Å². The second-order valence-electron chi connectivity index (χ2n) is 2.02. The van der Waals surface area contributed by atoms with Crippen LogP contribution in [0, 0.1) is 0 Å². The molecule has 0 saturated carbocycles. The molecule has 0 saturated heterocycles. The molecule has 0 aliphatic rings. The van der Waals surface area contributed by atoms with Gasteiger partial charge in [-0.05, 0) is 24.5 Å². The second kappa shape index (κ2) is 4.79. The summed E-state index contributed by atoms with van der Waals surface area (Å²) in [5.41, 5.74) is 0. The van der Waals surface area contributed by atoms with Crippen LogP contribution in [0.4, 0.5) is 0 Å². The number of hydrogen-bond donors (Lipinski definition) is 1. The first kappa shape index (κ1) is 9.96. The minimum absolute atomic E-state index is 0.652. The topological polar surface area (TPSA) is 29.5 Å². The molecule has 0 aliphatic heterocycles. The molecular weight excluding hydrogens is 239 g/mol. The van der Waals surface area contributed by atoms with Gasteiger partial charge in [0.2, 0.25) is 0 Å². The highest BCUT2D eigenvalue weighted by molar-refractivity contribution is 9.10. The summed E-state index contributed by atoms with van der Waals surface area (Å²) in [7, 11) is 0.682. The molecule has 0 atom stereocenters. The van der Waals surface area contributed by atoms with E-state index in [-0.39, 0.29) is 0 Å². The first-order chi connectivity index (χ1) is 5.77. The Morgan fingerprint density at radius 1 is 1.58 bits per heavy atom. The van der Waals surface area contributed by atoms with E-state index in [0.717, 1.165) is 9.37 Å². The maximum Gasteiger partial charge on any atom is 0.569 e. The van der Waals surface area contributed by atoms with E-state index >= 15 is 0 Å². The fourth-order valence-corrected chi connectivity index (χ4v) is 1.65. The number of halogens is 1. The lowest BCUT2D eigenvalue weighted by Gasteiger charge is -2.06. The van der Waals surface area contributed by atoms with Crippen LogP contribution in [0.1, 0.15) is 0 Å². The van der Waals surface area contributed by atoms with Crippen molar-refractivity contribution in [1.82, 2.24) is 0 Å². The Morgan fingerprint density at radius 3 is 2.92 bits per heavy atom. The fraction of sp³-hybridized carbons (Fsp3) is 0.143. The van der Waals surface area contributed by atoms with Crippen LogP contribution in [-0.4, -0.2) is 19.0 Å². The zero-order valence-electron chi connectivity index (χ0n) is 6.45. The molecule has 0 fully saturated rings. The van der Waals surface area contributed by atoms with E-state index < -0.39 is 0 Å². The summed E-state index contributed by atoms with van der Waals surface area (Å²) in [4.78, 5) is 0.989. The van der Waals surface area contributed by atoms with Gasteiger partial charge in [-0.1, -0.05) is 15.9 Å². The summed E-state index contributed by atoms with van der Waals surface area (Å²) in [5.74, 6) is 0.652. The van der Waals surface area contributed by atoms with Crippen molar-refractivity contribution in [2.24, 2.45) is 0 Å². The van der Waals surface area contributed by atoms with Crippen molar-refractivity contribution >= 4 is 35.4 Å². The Kier molecular flexibility index (Phi) is 3.98. The average molecular weight is 246 g/mol. The summed E-state index contributed by atoms with van der Waals surface area (Å²) >= 11 is 4.88. The Hall–Kier alpha value is -0.125. The fourth-order valence-electron chi connectivity index (χ4n) is 0.799. The third-order valence-electron chi connectivity index (χ3n) is 1.31. The molecule has 2 nitrogen and oxygen atoms in total. The van der Waals surface area contributed by atoms with Crippen molar-refractivity contribution in [2.45, 2.75) is 4.90 Å². The van der Waals surface area contributed by atoms with Gasteiger partial charge in [0.25, 0.3) is 0 Å². The number of hydrogen-bond acceptors (Lipinski definition) is 3. The van der Waals surface area contributed by atoms with Gasteiger partial charge in [0.1, 0.15) is 5.75 Å². The van der Waals surface area contributed by atoms with Gasteiger partial charge in [-0.25, -0.2) is 0 Å². The predicted molar refractivity (Wildman–Crippen MR) is 54.5 cm³/mol. The van der Waals surface area contributed by atoms with E-state index in [1.807, 2.05) is 18.4 Å². The molecule has 1 aromatic carbocycles. The van der Waals surface area contributed by atoms with Crippen molar-refractivity contribution in [3.8, 4) is 5.75 Å². The molecule has 0 spiro atoms. The van der Waals surface area contributed by atoms with E-state index in [4.69, 9.17) is 9.68 Å². The average Bonchev–Trinajstić information content (AvgIpc) is 2.05. The Labute approximate surface area is 84.8 Å². The lowest BCUT2D eigenvalue weighted by molar-refractivity contribution is 0.447. The molecule has 1 N–H and O–H groups in total. The molecule has 0 unspecified atom stereocenters. The van der Waals surface area contributed by atoms with Crippen molar-refractivity contribution in [2.75, 3.05) is 6.26 Å².